The van der Waals surface area contributed by atoms with E-state index in [4.69, 9.17) is 0 Å². The summed E-state index contributed by atoms with van der Waals surface area (Å²) in [7, 11) is -3.54. The molecule has 1 saturated carbocycles. The molecule has 2 saturated heterocycles. The second kappa shape index (κ2) is 9.48. The number of piperazine rings is 1. The quantitative estimate of drug-likeness (QED) is 0.640. The number of carbonyl (C=O) groups is 1. The SMILES string of the molecule is O=C(Cn1c(=O)sc2cc(S(=O)(=O)N3CCCC3)ccc21)N1CCN(C2CCCCC2)CC1. The van der Waals surface area contributed by atoms with Crippen LogP contribution in [0.25, 0.3) is 10.2 Å². The molecule has 0 unspecified atom stereocenters. The van der Waals surface area contributed by atoms with Crippen molar-refractivity contribution in [2.45, 2.75) is 62.4 Å². The van der Waals surface area contributed by atoms with E-state index in [-0.39, 0.29) is 22.2 Å². The van der Waals surface area contributed by atoms with E-state index in [9.17, 15) is 18.0 Å². The zero-order valence-electron chi connectivity index (χ0n) is 18.9. The van der Waals surface area contributed by atoms with Crippen molar-refractivity contribution in [1.82, 2.24) is 18.7 Å². The van der Waals surface area contributed by atoms with Crippen molar-refractivity contribution >= 4 is 37.5 Å². The summed E-state index contributed by atoms with van der Waals surface area (Å²) in [5.74, 6) is -0.0474. The molecule has 0 atom stereocenters. The minimum atomic E-state index is -3.54. The largest absolute Gasteiger partial charge is 0.339 e. The van der Waals surface area contributed by atoms with Crippen LogP contribution >= 0.6 is 11.3 Å². The molecule has 3 aliphatic rings. The Bertz CT molecular complexity index is 1170. The van der Waals surface area contributed by atoms with Gasteiger partial charge in [0.25, 0.3) is 0 Å². The summed E-state index contributed by atoms with van der Waals surface area (Å²) in [4.78, 5) is 30.0. The van der Waals surface area contributed by atoms with E-state index in [2.05, 4.69) is 4.90 Å². The fourth-order valence-electron chi connectivity index (χ4n) is 5.45. The molecule has 3 heterocycles. The van der Waals surface area contributed by atoms with Gasteiger partial charge in [-0.1, -0.05) is 30.6 Å². The summed E-state index contributed by atoms with van der Waals surface area (Å²) >= 11 is 1.00. The van der Waals surface area contributed by atoms with Crippen LogP contribution in [0.1, 0.15) is 44.9 Å². The van der Waals surface area contributed by atoms with E-state index >= 15 is 0 Å². The highest BCUT2D eigenvalue weighted by Crippen LogP contribution is 2.27. The van der Waals surface area contributed by atoms with Crippen molar-refractivity contribution in [2.24, 2.45) is 0 Å². The number of hydrogen-bond donors (Lipinski definition) is 0. The molecule has 3 fully saturated rings. The molecule has 8 nitrogen and oxygen atoms in total. The number of rotatable bonds is 5. The molecular weight excluding hydrogens is 460 g/mol. The van der Waals surface area contributed by atoms with E-state index < -0.39 is 10.0 Å². The molecule has 180 valence electrons. The van der Waals surface area contributed by atoms with Gasteiger partial charge >= 0.3 is 4.87 Å². The fraction of sp³-hybridized carbons (Fsp3) is 0.652. The van der Waals surface area contributed by atoms with Crippen molar-refractivity contribution in [3.63, 3.8) is 0 Å². The number of thiazole rings is 1. The molecule has 2 aliphatic heterocycles. The number of hydrogen-bond acceptors (Lipinski definition) is 6. The fourth-order valence-corrected chi connectivity index (χ4v) is 8.00. The van der Waals surface area contributed by atoms with Gasteiger partial charge < -0.3 is 4.90 Å². The van der Waals surface area contributed by atoms with Gasteiger partial charge in [0.1, 0.15) is 6.54 Å². The Balaban J connectivity index is 1.27. The van der Waals surface area contributed by atoms with Gasteiger partial charge in [0.2, 0.25) is 15.9 Å². The Morgan fingerprint density at radius 2 is 1.64 bits per heavy atom. The van der Waals surface area contributed by atoms with E-state index in [0.29, 0.717) is 42.4 Å². The van der Waals surface area contributed by atoms with Crippen LogP contribution in [0.4, 0.5) is 0 Å². The van der Waals surface area contributed by atoms with Gasteiger partial charge in [-0.3, -0.25) is 19.1 Å². The normalized spacial score (nSPS) is 21.8. The predicted molar refractivity (Wildman–Crippen MR) is 129 cm³/mol. The Labute approximate surface area is 198 Å². The molecule has 2 aromatic rings. The third-order valence-corrected chi connectivity index (χ3v) is 10.2. The molecule has 0 spiro atoms. The number of sulfonamides is 1. The highest BCUT2D eigenvalue weighted by atomic mass is 32.2. The highest BCUT2D eigenvalue weighted by Gasteiger charge is 2.29. The Morgan fingerprint density at radius 3 is 2.33 bits per heavy atom. The summed E-state index contributed by atoms with van der Waals surface area (Å²) in [6, 6.07) is 5.47. The molecule has 1 aliphatic carbocycles. The molecule has 0 radical (unpaired) electrons. The lowest BCUT2D eigenvalue weighted by atomic mass is 9.94. The molecule has 1 amide bonds. The summed E-state index contributed by atoms with van der Waals surface area (Å²) in [5, 5.41) is 0. The van der Waals surface area contributed by atoms with E-state index in [1.54, 1.807) is 18.2 Å². The average molecular weight is 493 g/mol. The van der Waals surface area contributed by atoms with Crippen molar-refractivity contribution in [3.8, 4) is 0 Å². The minimum Gasteiger partial charge on any atom is -0.339 e. The topological polar surface area (TPSA) is 82.9 Å². The van der Waals surface area contributed by atoms with Crippen molar-refractivity contribution in [1.29, 1.82) is 0 Å². The van der Waals surface area contributed by atoms with Gasteiger partial charge in [-0.15, -0.1) is 0 Å². The smallest absolute Gasteiger partial charge is 0.308 e. The van der Waals surface area contributed by atoms with Crippen LogP contribution < -0.4 is 4.87 Å². The summed E-state index contributed by atoms with van der Waals surface area (Å²) < 4.78 is 29.4. The van der Waals surface area contributed by atoms with E-state index in [0.717, 1.165) is 37.3 Å². The van der Waals surface area contributed by atoms with E-state index in [1.165, 1.54) is 41.0 Å². The second-order valence-corrected chi connectivity index (χ2v) is 12.3. The van der Waals surface area contributed by atoms with Crippen molar-refractivity contribution in [3.05, 3.63) is 27.9 Å². The Kier molecular flexibility index (Phi) is 6.61. The standard InChI is InChI=1S/C23H32N4O4S2/c28-22(25-14-12-24(13-15-25)18-6-2-1-3-7-18)17-27-20-9-8-19(16-21(20)32-23(27)29)33(30,31)26-10-4-5-11-26/h8-9,16,18H,1-7,10-15,17H2. The average Bonchev–Trinajstić information content (AvgIpc) is 3.48. The maximum atomic E-state index is 13.0. The number of benzene rings is 1. The molecule has 0 bridgehead atoms. The molecule has 0 N–H and O–H groups in total. The summed E-state index contributed by atoms with van der Waals surface area (Å²) in [6.45, 7) is 4.27. The number of fused-ring (bicyclic) bond motifs is 1. The maximum absolute atomic E-state index is 13.0. The zero-order chi connectivity index (χ0) is 23.0. The molecule has 1 aromatic heterocycles. The minimum absolute atomic E-state index is 0.000480. The second-order valence-electron chi connectivity index (χ2n) is 9.40. The van der Waals surface area contributed by atoms with Crippen LogP contribution in [0.15, 0.2) is 27.9 Å². The highest BCUT2D eigenvalue weighted by molar-refractivity contribution is 7.89. The van der Waals surface area contributed by atoms with Crippen LogP contribution in [-0.4, -0.2) is 78.3 Å². The predicted octanol–water partition coefficient (Wildman–Crippen LogP) is 2.32. The monoisotopic (exact) mass is 492 g/mol. The first-order valence-electron chi connectivity index (χ1n) is 12.1. The number of amides is 1. The first-order chi connectivity index (χ1) is 15.9. The van der Waals surface area contributed by atoms with Gasteiger partial charge in [-0.2, -0.15) is 4.31 Å². The first kappa shape index (κ1) is 23.0. The lowest BCUT2D eigenvalue weighted by molar-refractivity contribution is -0.134. The zero-order valence-corrected chi connectivity index (χ0v) is 20.6. The Morgan fingerprint density at radius 1 is 0.939 bits per heavy atom. The lowest BCUT2D eigenvalue weighted by Gasteiger charge is -2.40. The summed E-state index contributed by atoms with van der Waals surface area (Å²) in [5.41, 5.74) is 0.625. The van der Waals surface area contributed by atoms with Gasteiger partial charge in [0.05, 0.1) is 15.1 Å². The van der Waals surface area contributed by atoms with Crippen LogP contribution in [0.3, 0.4) is 0 Å². The van der Waals surface area contributed by atoms with Crippen LogP contribution in [0.5, 0.6) is 0 Å². The maximum Gasteiger partial charge on any atom is 0.308 e. The van der Waals surface area contributed by atoms with Crippen molar-refractivity contribution in [2.75, 3.05) is 39.3 Å². The van der Waals surface area contributed by atoms with E-state index in [1.807, 2.05) is 4.90 Å². The number of aromatic nitrogens is 1. The van der Waals surface area contributed by atoms with Gasteiger partial charge in [-0.05, 0) is 43.9 Å². The number of carbonyl (C=O) groups excluding carboxylic acids is 1. The van der Waals surface area contributed by atoms with Gasteiger partial charge in [-0.25, -0.2) is 8.42 Å². The van der Waals surface area contributed by atoms with Crippen molar-refractivity contribution < 1.29 is 13.2 Å². The third-order valence-electron chi connectivity index (χ3n) is 7.39. The molecule has 5 rings (SSSR count). The van der Waals surface area contributed by atoms with Crippen LogP contribution in [0, 0.1) is 0 Å². The Hall–Kier alpha value is -1.75. The molecule has 1 aromatic carbocycles. The van der Waals surface area contributed by atoms with Gasteiger partial charge in [0.15, 0.2) is 0 Å². The third kappa shape index (κ3) is 4.62. The molecule has 10 heteroatoms. The first-order valence-corrected chi connectivity index (χ1v) is 14.3. The van der Waals surface area contributed by atoms with Gasteiger partial charge in [0, 0.05) is 45.3 Å². The lowest BCUT2D eigenvalue weighted by Crippen LogP contribution is -2.53. The number of nitrogens with zero attached hydrogens (tertiary/aromatic N) is 4. The summed E-state index contributed by atoms with van der Waals surface area (Å²) in [6.07, 6.45) is 8.23. The van der Waals surface area contributed by atoms with Crippen LogP contribution in [-0.2, 0) is 21.4 Å². The van der Waals surface area contributed by atoms with Crippen LogP contribution in [0.2, 0.25) is 0 Å². The molecular formula is C23H32N4O4S2. The molecule has 33 heavy (non-hydrogen) atoms.